The Morgan fingerprint density at radius 1 is 1.14 bits per heavy atom. The van der Waals surface area contributed by atoms with E-state index in [1.165, 1.54) is 12.7 Å². The molecule has 35 heavy (non-hydrogen) atoms. The van der Waals surface area contributed by atoms with Gasteiger partial charge in [-0.05, 0) is 79.9 Å². The topological polar surface area (TPSA) is 82.1 Å². The van der Waals surface area contributed by atoms with Crippen LogP contribution in [0.25, 0.3) is 0 Å². The lowest BCUT2D eigenvalue weighted by atomic mass is 9.73. The first-order valence-corrected chi connectivity index (χ1v) is 13.6. The maximum Gasteiger partial charge on any atom is 0.343 e. The molecule has 6 heteroatoms. The standard InChI is InChI=1S/C29H44O6/c1-5-7-8-11-22(30)13-14-23-24-15-20-10-9-12-26(34-18-28(31)33-4)25(20)16-21(24)17-27(23)35-29(32)19(3)6-2/h9-10,12,19,21-24,27,30H,5-8,11,13-18H2,1-4H3/t19?,21-,22-,23+,24-,27+/m0/s1. The normalized spacial score (nSPS) is 24.7. The van der Waals surface area contributed by atoms with Crippen molar-refractivity contribution in [3.8, 4) is 5.75 Å². The highest BCUT2D eigenvalue weighted by molar-refractivity contribution is 5.72. The lowest BCUT2D eigenvalue weighted by molar-refractivity contribution is -0.156. The van der Waals surface area contributed by atoms with Gasteiger partial charge in [-0.1, -0.05) is 52.2 Å². The zero-order valence-corrected chi connectivity index (χ0v) is 22.0. The van der Waals surface area contributed by atoms with Crippen LogP contribution in [-0.2, 0) is 31.9 Å². The van der Waals surface area contributed by atoms with Crippen molar-refractivity contribution >= 4 is 11.9 Å². The molecule has 0 aromatic heterocycles. The lowest BCUT2D eigenvalue weighted by Gasteiger charge is -2.33. The molecule has 1 saturated carbocycles. The van der Waals surface area contributed by atoms with Crippen LogP contribution in [0.5, 0.6) is 5.75 Å². The summed E-state index contributed by atoms with van der Waals surface area (Å²) in [6.07, 6.45) is 8.80. The minimum Gasteiger partial charge on any atom is -0.482 e. The van der Waals surface area contributed by atoms with Gasteiger partial charge in [-0.3, -0.25) is 4.79 Å². The molecule has 196 valence electrons. The minimum atomic E-state index is -0.397. The van der Waals surface area contributed by atoms with Crippen LogP contribution in [-0.4, -0.2) is 43.0 Å². The summed E-state index contributed by atoms with van der Waals surface area (Å²) in [5.74, 6) is 1.19. The fraction of sp³-hybridized carbons (Fsp3) is 0.724. The first kappa shape index (κ1) is 27.5. The fourth-order valence-corrected chi connectivity index (χ4v) is 5.83. The lowest BCUT2D eigenvalue weighted by Crippen LogP contribution is -2.30. The molecule has 3 rings (SSSR count). The first-order chi connectivity index (χ1) is 16.9. The van der Waals surface area contributed by atoms with E-state index in [0.29, 0.717) is 11.8 Å². The quantitative estimate of drug-likeness (QED) is 0.301. The summed E-state index contributed by atoms with van der Waals surface area (Å²) in [7, 11) is 1.36. The highest BCUT2D eigenvalue weighted by Crippen LogP contribution is 2.49. The molecular weight excluding hydrogens is 444 g/mol. The molecule has 2 aliphatic rings. The third-order valence-electron chi connectivity index (χ3n) is 8.15. The summed E-state index contributed by atoms with van der Waals surface area (Å²) < 4.78 is 16.6. The van der Waals surface area contributed by atoms with E-state index in [0.717, 1.165) is 75.5 Å². The van der Waals surface area contributed by atoms with Crippen LogP contribution < -0.4 is 4.74 Å². The Morgan fingerprint density at radius 3 is 2.66 bits per heavy atom. The molecule has 0 radical (unpaired) electrons. The number of benzene rings is 1. The minimum absolute atomic E-state index is 0.102. The van der Waals surface area contributed by atoms with Crippen molar-refractivity contribution in [2.24, 2.45) is 23.7 Å². The van der Waals surface area contributed by atoms with E-state index in [1.54, 1.807) is 0 Å². The Hall–Kier alpha value is -2.08. The molecule has 2 aliphatic carbocycles. The van der Waals surface area contributed by atoms with E-state index < -0.39 is 5.97 Å². The third-order valence-corrected chi connectivity index (χ3v) is 8.15. The summed E-state index contributed by atoms with van der Waals surface area (Å²) in [4.78, 5) is 24.3. The molecule has 1 aromatic rings. The van der Waals surface area contributed by atoms with Gasteiger partial charge in [0.25, 0.3) is 0 Å². The molecule has 1 N–H and O–H groups in total. The second kappa shape index (κ2) is 13.3. The van der Waals surface area contributed by atoms with Crippen LogP contribution in [0.4, 0.5) is 0 Å². The van der Waals surface area contributed by atoms with Gasteiger partial charge >= 0.3 is 11.9 Å². The van der Waals surface area contributed by atoms with Crippen LogP contribution in [0.2, 0.25) is 0 Å². The van der Waals surface area contributed by atoms with Crippen molar-refractivity contribution in [2.75, 3.05) is 13.7 Å². The fourth-order valence-electron chi connectivity index (χ4n) is 5.83. The monoisotopic (exact) mass is 488 g/mol. The Kier molecular flexibility index (Phi) is 10.4. The maximum atomic E-state index is 12.7. The number of carbonyl (C=O) groups excluding carboxylic acids is 2. The molecule has 6 nitrogen and oxygen atoms in total. The first-order valence-electron chi connectivity index (χ1n) is 13.6. The number of rotatable bonds is 13. The van der Waals surface area contributed by atoms with Gasteiger partial charge in [0.05, 0.1) is 19.1 Å². The van der Waals surface area contributed by atoms with Gasteiger partial charge in [-0.15, -0.1) is 0 Å². The highest BCUT2D eigenvalue weighted by Gasteiger charge is 2.47. The molecule has 1 fully saturated rings. The molecule has 0 spiro atoms. The van der Waals surface area contributed by atoms with E-state index in [4.69, 9.17) is 14.2 Å². The van der Waals surface area contributed by atoms with E-state index in [9.17, 15) is 14.7 Å². The van der Waals surface area contributed by atoms with Gasteiger partial charge in [-0.25, -0.2) is 4.79 Å². The zero-order valence-electron chi connectivity index (χ0n) is 22.0. The van der Waals surface area contributed by atoms with Crippen LogP contribution in [0, 0.1) is 23.7 Å². The van der Waals surface area contributed by atoms with Gasteiger partial charge in [-0.2, -0.15) is 0 Å². The van der Waals surface area contributed by atoms with Gasteiger partial charge in [0.15, 0.2) is 6.61 Å². The van der Waals surface area contributed by atoms with Crippen LogP contribution >= 0.6 is 0 Å². The second-order valence-electron chi connectivity index (χ2n) is 10.5. The predicted molar refractivity (Wildman–Crippen MR) is 135 cm³/mol. The van der Waals surface area contributed by atoms with Crippen molar-refractivity contribution in [3.05, 3.63) is 29.3 Å². The van der Waals surface area contributed by atoms with Crippen molar-refractivity contribution in [3.63, 3.8) is 0 Å². The number of unbranched alkanes of at least 4 members (excludes halogenated alkanes) is 2. The van der Waals surface area contributed by atoms with Crippen molar-refractivity contribution in [1.82, 2.24) is 0 Å². The van der Waals surface area contributed by atoms with E-state index in [1.807, 2.05) is 26.0 Å². The van der Waals surface area contributed by atoms with Crippen molar-refractivity contribution in [2.45, 2.75) is 97.2 Å². The predicted octanol–water partition coefficient (Wildman–Crippen LogP) is 5.27. The highest BCUT2D eigenvalue weighted by atomic mass is 16.6. The maximum absolute atomic E-state index is 12.7. The Morgan fingerprint density at radius 2 is 1.94 bits per heavy atom. The average molecular weight is 489 g/mol. The molecule has 1 unspecified atom stereocenters. The smallest absolute Gasteiger partial charge is 0.343 e. The van der Waals surface area contributed by atoms with Gasteiger partial charge in [0.1, 0.15) is 11.9 Å². The van der Waals surface area contributed by atoms with Gasteiger partial charge in [0.2, 0.25) is 0 Å². The molecule has 0 saturated heterocycles. The number of aliphatic hydroxyl groups is 1. The second-order valence-corrected chi connectivity index (χ2v) is 10.5. The van der Waals surface area contributed by atoms with E-state index in [-0.39, 0.29) is 36.6 Å². The molecule has 0 bridgehead atoms. The number of ether oxygens (including phenoxy) is 3. The molecule has 1 aromatic carbocycles. The van der Waals surface area contributed by atoms with Crippen molar-refractivity contribution < 1.29 is 28.9 Å². The summed E-state index contributed by atoms with van der Waals surface area (Å²) in [5, 5.41) is 10.6. The summed E-state index contributed by atoms with van der Waals surface area (Å²) in [6.45, 7) is 6.01. The summed E-state index contributed by atoms with van der Waals surface area (Å²) in [6, 6.07) is 6.04. The van der Waals surface area contributed by atoms with E-state index in [2.05, 4.69) is 13.0 Å². The van der Waals surface area contributed by atoms with Gasteiger partial charge < -0.3 is 19.3 Å². The van der Waals surface area contributed by atoms with Crippen LogP contribution in [0.15, 0.2) is 18.2 Å². The summed E-state index contributed by atoms with van der Waals surface area (Å²) in [5.41, 5.74) is 2.40. The summed E-state index contributed by atoms with van der Waals surface area (Å²) >= 11 is 0. The largest absolute Gasteiger partial charge is 0.482 e. The molecule has 0 heterocycles. The van der Waals surface area contributed by atoms with Gasteiger partial charge in [0, 0.05) is 0 Å². The molecule has 0 amide bonds. The number of esters is 2. The number of aliphatic hydroxyl groups excluding tert-OH is 1. The Balaban J connectivity index is 1.74. The van der Waals surface area contributed by atoms with Crippen LogP contribution in [0.1, 0.15) is 83.3 Å². The number of fused-ring (bicyclic) bond motifs is 2. The Labute approximate surface area is 210 Å². The Bertz CT molecular complexity index is 836. The third kappa shape index (κ3) is 7.22. The molecule has 0 aliphatic heterocycles. The molecule has 6 atom stereocenters. The number of carbonyl (C=O) groups is 2. The van der Waals surface area contributed by atoms with Crippen LogP contribution in [0.3, 0.4) is 0 Å². The van der Waals surface area contributed by atoms with E-state index >= 15 is 0 Å². The molecular formula is C29H44O6. The number of methoxy groups -OCH3 is 1. The zero-order chi connectivity index (χ0) is 25.4. The number of hydrogen-bond donors (Lipinski definition) is 1. The number of hydrogen-bond acceptors (Lipinski definition) is 6. The van der Waals surface area contributed by atoms with Crippen molar-refractivity contribution in [1.29, 1.82) is 0 Å². The average Bonchev–Trinajstić information content (AvgIpc) is 3.19. The SMILES string of the molecule is CCCCC[C@H](O)CC[C@@H]1[C@H]2Cc3cccc(OCC(=O)OC)c3C[C@H]2C[C@H]1OC(=O)C(C)CC.